The van der Waals surface area contributed by atoms with Crippen molar-refractivity contribution in [3.63, 3.8) is 0 Å². The quantitative estimate of drug-likeness (QED) is 0.921. The summed E-state index contributed by atoms with van der Waals surface area (Å²) >= 11 is 6.10. The third-order valence-electron chi connectivity index (χ3n) is 2.49. The lowest BCUT2D eigenvalue weighted by molar-refractivity contribution is -0.136. The third-order valence-corrected chi connectivity index (χ3v) is 2.81. The first-order valence-corrected chi connectivity index (χ1v) is 5.83. The molecule has 0 radical (unpaired) electrons. The first-order valence-electron chi connectivity index (χ1n) is 5.45. The van der Waals surface area contributed by atoms with Gasteiger partial charge < -0.3 is 5.11 Å². The summed E-state index contributed by atoms with van der Waals surface area (Å²) in [6.45, 7) is 1.79. The average molecular weight is 266 g/mol. The van der Waals surface area contributed by atoms with Crippen LogP contribution in [-0.2, 0) is 11.2 Å². The molecule has 1 aromatic heterocycles. The largest absolute Gasteiger partial charge is 0.481 e. The fourth-order valence-electron chi connectivity index (χ4n) is 1.60. The summed E-state index contributed by atoms with van der Waals surface area (Å²) in [5, 5.41) is 13.4. The molecule has 18 heavy (non-hydrogen) atoms. The normalized spacial score (nSPS) is 10.6. The average Bonchev–Trinajstić information content (AvgIpc) is 2.74. The zero-order valence-corrected chi connectivity index (χ0v) is 10.6. The Morgan fingerprint density at radius 2 is 2.28 bits per heavy atom. The Balaban J connectivity index is 2.29. The third kappa shape index (κ3) is 2.87. The molecule has 0 amide bonds. The maximum atomic E-state index is 10.5. The molecule has 0 aliphatic rings. The lowest BCUT2D eigenvalue weighted by Gasteiger charge is -2.06. The van der Waals surface area contributed by atoms with Gasteiger partial charge in [0.25, 0.3) is 0 Å². The maximum Gasteiger partial charge on any atom is 0.303 e. The minimum Gasteiger partial charge on any atom is -0.481 e. The summed E-state index contributed by atoms with van der Waals surface area (Å²) < 4.78 is 1.59. The van der Waals surface area contributed by atoms with E-state index >= 15 is 0 Å². The van der Waals surface area contributed by atoms with E-state index in [4.69, 9.17) is 16.7 Å². The SMILES string of the molecule is Cc1ncn(-c2cc(CCC(=O)O)ccc2Cl)n1. The molecule has 6 heteroatoms. The summed E-state index contributed by atoms with van der Waals surface area (Å²) in [5.74, 6) is -0.162. The summed E-state index contributed by atoms with van der Waals surface area (Å²) in [5.41, 5.74) is 1.62. The number of aryl methyl sites for hydroxylation is 2. The van der Waals surface area contributed by atoms with Crippen LogP contribution in [0, 0.1) is 6.92 Å². The van der Waals surface area contributed by atoms with E-state index in [1.807, 2.05) is 12.1 Å². The molecule has 1 N–H and O–H groups in total. The van der Waals surface area contributed by atoms with E-state index in [1.54, 1.807) is 24.0 Å². The van der Waals surface area contributed by atoms with Crippen LogP contribution in [0.5, 0.6) is 0 Å². The second kappa shape index (κ2) is 5.18. The van der Waals surface area contributed by atoms with Gasteiger partial charge in [0.05, 0.1) is 10.7 Å². The lowest BCUT2D eigenvalue weighted by Crippen LogP contribution is -2.00. The molecule has 94 valence electrons. The van der Waals surface area contributed by atoms with E-state index in [9.17, 15) is 4.79 Å². The standard InChI is InChI=1S/C12H12ClN3O2/c1-8-14-7-16(15-8)11-6-9(2-4-10(11)13)3-5-12(17)18/h2,4,6-7H,3,5H2,1H3,(H,17,18). The van der Waals surface area contributed by atoms with E-state index in [1.165, 1.54) is 0 Å². The molecule has 2 rings (SSSR count). The van der Waals surface area contributed by atoms with Crippen molar-refractivity contribution in [2.24, 2.45) is 0 Å². The number of carboxylic acids is 1. The van der Waals surface area contributed by atoms with E-state index in [0.29, 0.717) is 23.0 Å². The highest BCUT2D eigenvalue weighted by Crippen LogP contribution is 2.21. The van der Waals surface area contributed by atoms with Gasteiger partial charge in [-0.15, -0.1) is 0 Å². The van der Waals surface area contributed by atoms with Crippen molar-refractivity contribution in [2.45, 2.75) is 19.8 Å². The number of hydrogen-bond acceptors (Lipinski definition) is 3. The highest BCUT2D eigenvalue weighted by Gasteiger charge is 2.07. The van der Waals surface area contributed by atoms with Gasteiger partial charge in [-0.2, -0.15) is 5.10 Å². The summed E-state index contributed by atoms with van der Waals surface area (Å²) in [6.07, 6.45) is 2.14. The molecule has 0 atom stereocenters. The van der Waals surface area contributed by atoms with Gasteiger partial charge in [-0.05, 0) is 31.0 Å². The van der Waals surface area contributed by atoms with Gasteiger partial charge in [0.2, 0.25) is 0 Å². The molecule has 0 saturated heterocycles. The monoisotopic (exact) mass is 265 g/mol. The zero-order chi connectivity index (χ0) is 13.1. The van der Waals surface area contributed by atoms with Crippen molar-refractivity contribution < 1.29 is 9.90 Å². The molecule has 0 bridgehead atoms. The maximum absolute atomic E-state index is 10.5. The molecule has 0 unspecified atom stereocenters. The fraction of sp³-hybridized carbons (Fsp3) is 0.250. The molecule has 1 aromatic carbocycles. The Labute approximate surface area is 109 Å². The summed E-state index contributed by atoms with van der Waals surface area (Å²) in [7, 11) is 0. The number of rotatable bonds is 4. The zero-order valence-electron chi connectivity index (χ0n) is 9.80. The summed E-state index contributed by atoms with van der Waals surface area (Å²) in [6, 6.07) is 5.39. The van der Waals surface area contributed by atoms with Crippen molar-refractivity contribution in [3.05, 3.63) is 40.9 Å². The van der Waals surface area contributed by atoms with Crippen LogP contribution < -0.4 is 0 Å². The van der Waals surface area contributed by atoms with Crippen molar-refractivity contribution in [1.82, 2.24) is 14.8 Å². The number of aromatic nitrogens is 3. The lowest BCUT2D eigenvalue weighted by atomic mass is 10.1. The van der Waals surface area contributed by atoms with E-state index in [0.717, 1.165) is 5.56 Å². The fourth-order valence-corrected chi connectivity index (χ4v) is 1.81. The molecule has 1 heterocycles. The van der Waals surface area contributed by atoms with Crippen LogP contribution in [0.3, 0.4) is 0 Å². The van der Waals surface area contributed by atoms with Gasteiger partial charge >= 0.3 is 5.97 Å². The molecule has 0 aliphatic heterocycles. The number of benzene rings is 1. The number of hydrogen-bond donors (Lipinski definition) is 1. The van der Waals surface area contributed by atoms with Crippen LogP contribution in [0.4, 0.5) is 0 Å². The van der Waals surface area contributed by atoms with Gasteiger partial charge in [-0.1, -0.05) is 17.7 Å². The molecule has 0 saturated carbocycles. The van der Waals surface area contributed by atoms with E-state index in [-0.39, 0.29) is 6.42 Å². The van der Waals surface area contributed by atoms with Gasteiger partial charge in [-0.25, -0.2) is 9.67 Å². The smallest absolute Gasteiger partial charge is 0.303 e. The van der Waals surface area contributed by atoms with Crippen molar-refractivity contribution in [3.8, 4) is 5.69 Å². The number of carbonyl (C=O) groups is 1. The minimum atomic E-state index is -0.817. The van der Waals surface area contributed by atoms with Crippen LogP contribution in [-0.4, -0.2) is 25.8 Å². The van der Waals surface area contributed by atoms with Crippen LogP contribution in [0.25, 0.3) is 5.69 Å². The van der Waals surface area contributed by atoms with Crippen LogP contribution in [0.15, 0.2) is 24.5 Å². The molecule has 0 spiro atoms. The highest BCUT2D eigenvalue weighted by molar-refractivity contribution is 6.32. The first kappa shape index (κ1) is 12.6. The predicted molar refractivity (Wildman–Crippen MR) is 67.1 cm³/mol. The topological polar surface area (TPSA) is 68.0 Å². The van der Waals surface area contributed by atoms with E-state index < -0.39 is 5.97 Å². The molecule has 0 aliphatic carbocycles. The van der Waals surface area contributed by atoms with Crippen LogP contribution >= 0.6 is 11.6 Å². The number of halogens is 1. The Hall–Kier alpha value is -1.88. The van der Waals surface area contributed by atoms with Crippen molar-refractivity contribution >= 4 is 17.6 Å². The van der Waals surface area contributed by atoms with Gasteiger partial charge in [-0.3, -0.25) is 4.79 Å². The van der Waals surface area contributed by atoms with Crippen molar-refractivity contribution in [1.29, 1.82) is 0 Å². The molecule has 5 nitrogen and oxygen atoms in total. The second-order valence-electron chi connectivity index (χ2n) is 3.92. The predicted octanol–water partition coefficient (Wildman–Crippen LogP) is 2.25. The molecular weight excluding hydrogens is 254 g/mol. The minimum absolute atomic E-state index is 0.0947. The summed E-state index contributed by atoms with van der Waals surface area (Å²) in [4.78, 5) is 14.6. The van der Waals surface area contributed by atoms with Crippen LogP contribution in [0.1, 0.15) is 17.8 Å². The Morgan fingerprint density at radius 1 is 1.50 bits per heavy atom. The highest BCUT2D eigenvalue weighted by atomic mass is 35.5. The Morgan fingerprint density at radius 3 is 2.89 bits per heavy atom. The van der Waals surface area contributed by atoms with Gasteiger partial charge in [0.1, 0.15) is 12.2 Å². The molecule has 2 aromatic rings. The Bertz CT molecular complexity index is 580. The number of nitrogens with zero attached hydrogens (tertiary/aromatic N) is 3. The van der Waals surface area contributed by atoms with Gasteiger partial charge in [0, 0.05) is 6.42 Å². The second-order valence-corrected chi connectivity index (χ2v) is 4.32. The van der Waals surface area contributed by atoms with Gasteiger partial charge in [0.15, 0.2) is 0 Å². The number of carboxylic acid groups (broad SMARTS) is 1. The number of aliphatic carboxylic acids is 1. The van der Waals surface area contributed by atoms with Crippen molar-refractivity contribution in [2.75, 3.05) is 0 Å². The Kier molecular flexibility index (Phi) is 3.62. The first-order chi connectivity index (χ1) is 8.56. The molecule has 0 fully saturated rings. The van der Waals surface area contributed by atoms with Crippen LogP contribution in [0.2, 0.25) is 5.02 Å². The molecular formula is C12H12ClN3O2. The van der Waals surface area contributed by atoms with E-state index in [2.05, 4.69) is 10.1 Å².